The summed E-state index contributed by atoms with van der Waals surface area (Å²) in [6.45, 7) is 2.61. The number of thiocarbonyl (C=S) groups is 1. The normalized spacial score (nSPS) is 10.1. The lowest BCUT2D eigenvalue weighted by molar-refractivity contribution is -0.115. The van der Waals surface area contributed by atoms with Crippen molar-refractivity contribution in [3.8, 4) is 0 Å². The van der Waals surface area contributed by atoms with E-state index in [1.54, 1.807) is 6.08 Å². The van der Waals surface area contributed by atoms with Crippen molar-refractivity contribution < 1.29 is 4.79 Å². The van der Waals surface area contributed by atoms with E-state index in [9.17, 15) is 4.79 Å². The highest BCUT2D eigenvalue weighted by Gasteiger charge is 1.97. The molecule has 1 amide bonds. The second-order valence-corrected chi connectivity index (χ2v) is 3.50. The molecule has 0 bridgehead atoms. The van der Waals surface area contributed by atoms with Crippen molar-refractivity contribution in [3.05, 3.63) is 42.0 Å². The van der Waals surface area contributed by atoms with Crippen LogP contribution in [0.3, 0.4) is 0 Å². The number of amides is 1. The first-order valence-electron chi connectivity index (χ1n) is 5.04. The Morgan fingerprint density at radius 3 is 2.69 bits per heavy atom. The van der Waals surface area contributed by atoms with Gasteiger partial charge in [0.05, 0.1) is 0 Å². The van der Waals surface area contributed by atoms with Crippen molar-refractivity contribution in [3.63, 3.8) is 0 Å². The Labute approximate surface area is 101 Å². The highest BCUT2D eigenvalue weighted by molar-refractivity contribution is 7.80. The minimum absolute atomic E-state index is 0.227. The Hall–Kier alpha value is -1.68. The highest BCUT2D eigenvalue weighted by atomic mass is 32.1. The van der Waals surface area contributed by atoms with E-state index in [1.165, 1.54) is 6.08 Å². The van der Waals surface area contributed by atoms with Gasteiger partial charge in [-0.05, 0) is 30.8 Å². The van der Waals surface area contributed by atoms with Crippen LogP contribution in [0.1, 0.15) is 12.5 Å². The number of carbonyl (C=O) groups is 1. The summed E-state index contributed by atoms with van der Waals surface area (Å²) in [5.41, 5.74) is 0.979. The molecule has 2 N–H and O–H groups in total. The topological polar surface area (TPSA) is 41.1 Å². The zero-order chi connectivity index (χ0) is 11.8. The van der Waals surface area contributed by atoms with Crippen molar-refractivity contribution in [1.82, 2.24) is 10.6 Å². The maximum absolute atomic E-state index is 11.4. The third-order valence-electron chi connectivity index (χ3n) is 1.80. The number of hydrogen-bond acceptors (Lipinski definition) is 2. The minimum atomic E-state index is -0.227. The lowest BCUT2D eigenvalue weighted by Gasteiger charge is -2.04. The van der Waals surface area contributed by atoms with E-state index < -0.39 is 0 Å². The van der Waals surface area contributed by atoms with Gasteiger partial charge < -0.3 is 5.32 Å². The van der Waals surface area contributed by atoms with Gasteiger partial charge in [-0.3, -0.25) is 10.1 Å². The minimum Gasteiger partial charge on any atom is -0.363 e. The molecule has 16 heavy (non-hydrogen) atoms. The molecule has 0 fully saturated rings. The molecule has 1 rings (SSSR count). The fourth-order valence-electron chi connectivity index (χ4n) is 1.09. The molecule has 0 aliphatic carbocycles. The molecule has 0 unspecified atom stereocenters. The first-order valence-corrected chi connectivity index (χ1v) is 5.45. The van der Waals surface area contributed by atoms with Gasteiger partial charge in [0, 0.05) is 12.6 Å². The molecule has 0 saturated heterocycles. The number of hydrogen-bond donors (Lipinski definition) is 2. The van der Waals surface area contributed by atoms with E-state index in [2.05, 4.69) is 10.6 Å². The number of benzene rings is 1. The molecule has 0 radical (unpaired) electrons. The monoisotopic (exact) mass is 234 g/mol. The van der Waals surface area contributed by atoms with Crippen molar-refractivity contribution in [2.45, 2.75) is 6.92 Å². The molecular formula is C12H14N2OS. The Kier molecular flexibility index (Phi) is 5.22. The molecule has 0 heterocycles. The summed E-state index contributed by atoms with van der Waals surface area (Å²) in [4.78, 5) is 11.4. The zero-order valence-electron chi connectivity index (χ0n) is 9.07. The van der Waals surface area contributed by atoms with Crippen LogP contribution in [0.15, 0.2) is 36.4 Å². The van der Waals surface area contributed by atoms with Gasteiger partial charge >= 0.3 is 0 Å². The predicted octanol–water partition coefficient (Wildman–Crippen LogP) is 1.71. The van der Waals surface area contributed by atoms with E-state index in [-0.39, 0.29) is 5.91 Å². The average Bonchev–Trinajstić information content (AvgIpc) is 2.28. The van der Waals surface area contributed by atoms with E-state index in [0.717, 1.165) is 5.56 Å². The standard InChI is InChI=1S/C12H14N2OS/c1-2-13-12(16)14-11(15)9-8-10-6-4-3-5-7-10/h3-9H,2H2,1H3,(H2,13,14,15,16). The summed E-state index contributed by atoms with van der Waals surface area (Å²) >= 11 is 4.88. The van der Waals surface area contributed by atoms with Gasteiger partial charge in [0.15, 0.2) is 5.11 Å². The zero-order valence-corrected chi connectivity index (χ0v) is 9.88. The summed E-state index contributed by atoms with van der Waals surface area (Å²) in [6.07, 6.45) is 3.20. The summed E-state index contributed by atoms with van der Waals surface area (Å²) in [5, 5.41) is 5.74. The Bertz CT molecular complexity index is 387. The second-order valence-electron chi connectivity index (χ2n) is 3.09. The first kappa shape index (κ1) is 12.4. The van der Waals surface area contributed by atoms with Crippen LogP contribution in [0.5, 0.6) is 0 Å². The molecule has 3 nitrogen and oxygen atoms in total. The van der Waals surface area contributed by atoms with Gasteiger partial charge in [-0.25, -0.2) is 0 Å². The van der Waals surface area contributed by atoms with Gasteiger partial charge in [0.2, 0.25) is 5.91 Å². The largest absolute Gasteiger partial charge is 0.363 e. The van der Waals surface area contributed by atoms with Crippen molar-refractivity contribution in [2.75, 3.05) is 6.54 Å². The quantitative estimate of drug-likeness (QED) is 0.618. The third-order valence-corrected chi connectivity index (χ3v) is 2.05. The van der Waals surface area contributed by atoms with Crippen LogP contribution in [0, 0.1) is 0 Å². The maximum Gasteiger partial charge on any atom is 0.250 e. The molecular weight excluding hydrogens is 220 g/mol. The number of rotatable bonds is 3. The van der Waals surface area contributed by atoms with Crippen LogP contribution in [-0.2, 0) is 4.79 Å². The van der Waals surface area contributed by atoms with Crippen molar-refractivity contribution in [2.24, 2.45) is 0 Å². The van der Waals surface area contributed by atoms with Gasteiger partial charge in [0.1, 0.15) is 0 Å². The molecule has 0 aliphatic rings. The van der Waals surface area contributed by atoms with Crippen molar-refractivity contribution >= 4 is 29.3 Å². The van der Waals surface area contributed by atoms with E-state index in [1.807, 2.05) is 37.3 Å². The SMILES string of the molecule is CCNC(=S)NC(=O)C=Cc1ccccc1. The summed E-state index contributed by atoms with van der Waals surface area (Å²) < 4.78 is 0. The van der Waals surface area contributed by atoms with Gasteiger partial charge in [-0.1, -0.05) is 30.3 Å². The van der Waals surface area contributed by atoms with Crippen LogP contribution < -0.4 is 10.6 Å². The smallest absolute Gasteiger partial charge is 0.250 e. The molecule has 0 aromatic heterocycles. The summed E-state index contributed by atoms with van der Waals surface area (Å²) in [5.74, 6) is -0.227. The summed E-state index contributed by atoms with van der Waals surface area (Å²) in [7, 11) is 0. The third kappa shape index (κ3) is 4.70. The molecule has 0 spiro atoms. The van der Waals surface area contributed by atoms with E-state index in [0.29, 0.717) is 11.7 Å². The van der Waals surface area contributed by atoms with E-state index in [4.69, 9.17) is 12.2 Å². The lowest BCUT2D eigenvalue weighted by atomic mass is 10.2. The first-order chi connectivity index (χ1) is 7.72. The molecule has 1 aromatic carbocycles. The molecule has 0 aliphatic heterocycles. The van der Waals surface area contributed by atoms with Crippen molar-refractivity contribution in [1.29, 1.82) is 0 Å². The molecule has 4 heteroatoms. The maximum atomic E-state index is 11.4. The number of carbonyl (C=O) groups excluding carboxylic acids is 1. The summed E-state index contributed by atoms with van der Waals surface area (Å²) in [6, 6.07) is 9.61. The lowest BCUT2D eigenvalue weighted by Crippen LogP contribution is -2.38. The molecule has 1 aromatic rings. The average molecular weight is 234 g/mol. The van der Waals surface area contributed by atoms with Crippen LogP contribution in [0.4, 0.5) is 0 Å². The van der Waals surface area contributed by atoms with Crippen LogP contribution in [-0.4, -0.2) is 17.6 Å². The van der Waals surface area contributed by atoms with Gasteiger partial charge in [0.25, 0.3) is 0 Å². The predicted molar refractivity (Wildman–Crippen MR) is 69.9 cm³/mol. The van der Waals surface area contributed by atoms with Crippen LogP contribution >= 0.6 is 12.2 Å². The van der Waals surface area contributed by atoms with Gasteiger partial charge in [-0.2, -0.15) is 0 Å². The molecule has 0 atom stereocenters. The molecule has 84 valence electrons. The fourth-order valence-corrected chi connectivity index (χ4v) is 1.34. The Morgan fingerprint density at radius 2 is 2.06 bits per heavy atom. The highest BCUT2D eigenvalue weighted by Crippen LogP contribution is 2.00. The fraction of sp³-hybridized carbons (Fsp3) is 0.167. The van der Waals surface area contributed by atoms with Gasteiger partial charge in [-0.15, -0.1) is 0 Å². The molecule has 0 saturated carbocycles. The second kappa shape index (κ2) is 6.74. The Morgan fingerprint density at radius 1 is 1.38 bits per heavy atom. The Balaban J connectivity index is 2.46. The van der Waals surface area contributed by atoms with Crippen LogP contribution in [0.2, 0.25) is 0 Å². The van der Waals surface area contributed by atoms with E-state index >= 15 is 0 Å². The number of nitrogens with one attached hydrogen (secondary N) is 2. The van der Waals surface area contributed by atoms with Crippen LogP contribution in [0.25, 0.3) is 6.08 Å².